The smallest absolute Gasteiger partial charge is 0.233 e. The molecule has 5 rings (SSSR count). The van der Waals surface area contributed by atoms with E-state index in [0.717, 1.165) is 34.0 Å². The third kappa shape index (κ3) is 3.84. The number of fused-ring (bicyclic) bond motifs is 5. The van der Waals surface area contributed by atoms with Gasteiger partial charge in [0.25, 0.3) is 0 Å². The van der Waals surface area contributed by atoms with Gasteiger partial charge >= 0.3 is 0 Å². The number of benzene rings is 2. The first-order valence-corrected chi connectivity index (χ1v) is 13.6. The fraction of sp³-hybridized carbons (Fsp3) is 0.348. The van der Waals surface area contributed by atoms with E-state index in [4.69, 9.17) is 9.97 Å². The molecule has 2 aromatic carbocycles. The van der Waals surface area contributed by atoms with Crippen LogP contribution in [-0.4, -0.2) is 63.4 Å². The van der Waals surface area contributed by atoms with Crippen molar-refractivity contribution < 1.29 is 13.2 Å². The van der Waals surface area contributed by atoms with Gasteiger partial charge in [0.05, 0.1) is 33.8 Å². The molecule has 166 valence electrons. The molecule has 1 aliphatic rings. The zero-order valence-electron chi connectivity index (χ0n) is 17.8. The summed E-state index contributed by atoms with van der Waals surface area (Å²) in [5.41, 5.74) is 3.47. The Kier molecular flexibility index (Phi) is 5.54. The lowest BCUT2D eigenvalue weighted by Gasteiger charge is -2.27. The van der Waals surface area contributed by atoms with Crippen molar-refractivity contribution >= 4 is 55.1 Å². The van der Waals surface area contributed by atoms with Crippen molar-refractivity contribution in [1.29, 1.82) is 0 Å². The van der Waals surface area contributed by atoms with E-state index in [1.54, 1.807) is 4.90 Å². The normalized spacial score (nSPS) is 18.0. The second-order valence-corrected chi connectivity index (χ2v) is 11.3. The van der Waals surface area contributed by atoms with E-state index in [1.165, 1.54) is 11.8 Å². The second kappa shape index (κ2) is 8.37. The van der Waals surface area contributed by atoms with Gasteiger partial charge in [-0.1, -0.05) is 43.0 Å². The summed E-state index contributed by atoms with van der Waals surface area (Å²) in [6.45, 7) is 2.57. The number of sulfone groups is 1. The summed E-state index contributed by atoms with van der Waals surface area (Å²) in [7, 11) is -3.05. The Bertz CT molecular complexity index is 1430. The van der Waals surface area contributed by atoms with Crippen molar-refractivity contribution in [3.63, 3.8) is 0 Å². The van der Waals surface area contributed by atoms with E-state index >= 15 is 0 Å². The minimum Gasteiger partial charge on any atom is -0.338 e. The second-order valence-electron chi connectivity index (χ2n) is 8.10. The van der Waals surface area contributed by atoms with E-state index in [0.29, 0.717) is 18.1 Å². The molecule has 1 amide bonds. The van der Waals surface area contributed by atoms with Crippen LogP contribution in [0.2, 0.25) is 0 Å². The van der Waals surface area contributed by atoms with E-state index in [9.17, 15) is 13.2 Å². The number of hydrogen-bond acceptors (Lipinski definition) is 6. The molecule has 2 aromatic heterocycles. The zero-order chi connectivity index (χ0) is 22.3. The van der Waals surface area contributed by atoms with Crippen LogP contribution in [0.5, 0.6) is 0 Å². The van der Waals surface area contributed by atoms with Crippen LogP contribution < -0.4 is 0 Å². The van der Waals surface area contributed by atoms with E-state index < -0.39 is 9.84 Å². The maximum absolute atomic E-state index is 13.2. The highest BCUT2D eigenvalue weighted by molar-refractivity contribution is 7.99. The molecule has 4 aromatic rings. The average molecular weight is 469 g/mol. The number of imidazole rings is 1. The first-order valence-electron chi connectivity index (χ1n) is 10.8. The number of nitrogens with zero attached hydrogens (tertiary/aromatic N) is 4. The molecular weight excluding hydrogens is 444 g/mol. The van der Waals surface area contributed by atoms with Crippen molar-refractivity contribution in [3.05, 3.63) is 48.5 Å². The molecule has 1 atom stereocenters. The number of thioether (sulfide) groups is 1. The van der Waals surface area contributed by atoms with Crippen LogP contribution in [0.25, 0.3) is 27.6 Å². The molecule has 0 bridgehead atoms. The summed E-state index contributed by atoms with van der Waals surface area (Å²) in [5.74, 6) is 0.371. The van der Waals surface area contributed by atoms with Crippen molar-refractivity contribution in [2.75, 3.05) is 23.8 Å². The zero-order valence-corrected chi connectivity index (χ0v) is 19.4. The van der Waals surface area contributed by atoms with Crippen LogP contribution in [0.4, 0.5) is 0 Å². The van der Waals surface area contributed by atoms with Gasteiger partial charge in [-0.3, -0.25) is 9.20 Å². The van der Waals surface area contributed by atoms with Crippen molar-refractivity contribution in [2.45, 2.75) is 31.0 Å². The Morgan fingerprint density at radius 3 is 2.62 bits per heavy atom. The van der Waals surface area contributed by atoms with E-state index in [1.807, 2.05) is 59.9 Å². The largest absolute Gasteiger partial charge is 0.338 e. The van der Waals surface area contributed by atoms with Crippen LogP contribution in [0.1, 0.15) is 19.8 Å². The summed E-state index contributed by atoms with van der Waals surface area (Å²) in [4.78, 5) is 24.6. The predicted octanol–water partition coefficient (Wildman–Crippen LogP) is 3.55. The van der Waals surface area contributed by atoms with Gasteiger partial charge in [0, 0.05) is 18.0 Å². The Balaban J connectivity index is 1.50. The number of amides is 1. The molecule has 32 heavy (non-hydrogen) atoms. The Morgan fingerprint density at radius 1 is 1.12 bits per heavy atom. The number of rotatable bonds is 6. The van der Waals surface area contributed by atoms with Crippen LogP contribution in [0.15, 0.2) is 53.7 Å². The highest BCUT2D eigenvalue weighted by Gasteiger charge is 2.34. The molecule has 0 saturated carbocycles. The van der Waals surface area contributed by atoms with Crippen LogP contribution in [-0.2, 0) is 14.6 Å². The highest BCUT2D eigenvalue weighted by atomic mass is 32.2. The third-order valence-electron chi connectivity index (χ3n) is 5.87. The van der Waals surface area contributed by atoms with Crippen molar-refractivity contribution in [1.82, 2.24) is 19.3 Å². The summed E-state index contributed by atoms with van der Waals surface area (Å²) < 4.78 is 25.9. The molecule has 1 fully saturated rings. The quantitative estimate of drug-likeness (QED) is 0.318. The lowest BCUT2D eigenvalue weighted by atomic mass is 10.2. The molecule has 1 saturated heterocycles. The van der Waals surface area contributed by atoms with Gasteiger partial charge in [-0.25, -0.2) is 18.4 Å². The fourth-order valence-corrected chi connectivity index (χ4v) is 7.02. The molecular formula is C23H24N4O3S2. The van der Waals surface area contributed by atoms with Gasteiger partial charge in [-0.05, 0) is 37.1 Å². The van der Waals surface area contributed by atoms with Gasteiger partial charge < -0.3 is 4.90 Å². The highest BCUT2D eigenvalue weighted by Crippen LogP contribution is 2.29. The molecule has 7 nitrogen and oxygen atoms in total. The topological polar surface area (TPSA) is 84.6 Å². The van der Waals surface area contributed by atoms with Crippen LogP contribution >= 0.6 is 11.8 Å². The van der Waals surface area contributed by atoms with Gasteiger partial charge in [0.1, 0.15) is 5.65 Å². The Labute approximate surface area is 190 Å². The fourth-order valence-electron chi connectivity index (χ4n) is 4.39. The molecule has 0 radical (unpaired) electrons. The molecule has 0 N–H and O–H groups in total. The molecule has 9 heteroatoms. The molecule has 1 aliphatic heterocycles. The lowest BCUT2D eigenvalue weighted by molar-refractivity contribution is -0.130. The molecule has 3 heterocycles. The van der Waals surface area contributed by atoms with Gasteiger partial charge in [-0.2, -0.15) is 0 Å². The summed E-state index contributed by atoms with van der Waals surface area (Å²) in [6, 6.07) is 15.5. The number of hydrogen-bond donors (Lipinski definition) is 0. The number of carbonyl (C=O) groups is 1. The maximum atomic E-state index is 13.2. The standard InChI is InChI=1S/C23H24N4O3S2/c1-2-12-26(16-11-13-32(29,30)15-16)21(28)14-31-23-25-18-8-4-3-7-17(18)22-24-19-9-5-6-10-20(19)27(22)23/h3-10,16H,2,11-15H2,1H3. The minimum absolute atomic E-state index is 0.0496. The first kappa shape index (κ1) is 21.2. The minimum atomic E-state index is -3.05. The first-order chi connectivity index (χ1) is 15.5. The lowest BCUT2D eigenvalue weighted by Crippen LogP contribution is -2.42. The van der Waals surface area contributed by atoms with Gasteiger partial charge in [-0.15, -0.1) is 0 Å². The summed E-state index contributed by atoms with van der Waals surface area (Å²) >= 11 is 1.38. The van der Waals surface area contributed by atoms with Crippen LogP contribution in [0.3, 0.4) is 0 Å². The molecule has 0 spiro atoms. The van der Waals surface area contributed by atoms with E-state index in [-0.39, 0.29) is 29.2 Å². The molecule has 1 unspecified atom stereocenters. The van der Waals surface area contributed by atoms with Gasteiger partial charge in [0.2, 0.25) is 5.91 Å². The monoisotopic (exact) mass is 468 g/mol. The number of aromatic nitrogens is 3. The summed E-state index contributed by atoms with van der Waals surface area (Å²) in [6.07, 6.45) is 1.31. The predicted molar refractivity (Wildman–Crippen MR) is 128 cm³/mol. The Morgan fingerprint density at radius 2 is 1.88 bits per heavy atom. The number of para-hydroxylation sites is 3. The summed E-state index contributed by atoms with van der Waals surface area (Å²) in [5, 5.41) is 1.67. The molecule has 0 aliphatic carbocycles. The third-order valence-corrected chi connectivity index (χ3v) is 8.55. The SMILES string of the molecule is CCCN(C(=O)CSc1nc2ccccc2c2nc3ccccc3n12)C1CCS(=O)(=O)C1. The average Bonchev–Trinajstić information content (AvgIpc) is 3.36. The number of carbonyl (C=O) groups excluding carboxylic acids is 1. The van der Waals surface area contributed by atoms with Crippen molar-refractivity contribution in [3.8, 4) is 0 Å². The van der Waals surface area contributed by atoms with E-state index in [2.05, 4.69) is 0 Å². The van der Waals surface area contributed by atoms with Crippen LogP contribution in [0, 0.1) is 0 Å². The Hall–Kier alpha value is -2.65. The van der Waals surface area contributed by atoms with Gasteiger partial charge in [0.15, 0.2) is 15.0 Å². The maximum Gasteiger partial charge on any atom is 0.233 e. The van der Waals surface area contributed by atoms with Crippen molar-refractivity contribution in [2.24, 2.45) is 0 Å².